The highest BCUT2D eigenvalue weighted by molar-refractivity contribution is 6.29. The SMILES string of the molecule is Cc1c(C(F)(F)F)ccc2[nH]c(Cl)nc12. The van der Waals surface area contributed by atoms with Crippen molar-refractivity contribution in [2.45, 2.75) is 13.1 Å². The van der Waals surface area contributed by atoms with Crippen LogP contribution in [0.4, 0.5) is 13.2 Å². The molecule has 0 spiro atoms. The van der Waals surface area contributed by atoms with Gasteiger partial charge in [-0.3, -0.25) is 0 Å². The lowest BCUT2D eigenvalue weighted by Gasteiger charge is -2.09. The maximum absolute atomic E-state index is 12.5. The van der Waals surface area contributed by atoms with Gasteiger partial charge in [0.25, 0.3) is 0 Å². The fraction of sp³-hybridized carbons (Fsp3) is 0.222. The molecule has 1 aromatic heterocycles. The summed E-state index contributed by atoms with van der Waals surface area (Å²) in [5.74, 6) is 0. The number of aromatic amines is 1. The van der Waals surface area contributed by atoms with E-state index in [4.69, 9.17) is 11.6 Å². The van der Waals surface area contributed by atoms with Crippen molar-refractivity contribution in [1.82, 2.24) is 9.97 Å². The molecule has 0 amide bonds. The summed E-state index contributed by atoms with van der Waals surface area (Å²) in [7, 11) is 0. The van der Waals surface area contributed by atoms with Gasteiger partial charge in [-0.2, -0.15) is 13.2 Å². The summed E-state index contributed by atoms with van der Waals surface area (Å²) < 4.78 is 37.5. The van der Waals surface area contributed by atoms with Crippen LogP contribution in [0.3, 0.4) is 0 Å². The Morgan fingerprint density at radius 1 is 1.33 bits per heavy atom. The van der Waals surface area contributed by atoms with Gasteiger partial charge in [0.05, 0.1) is 16.6 Å². The number of halogens is 4. The summed E-state index contributed by atoms with van der Waals surface area (Å²) in [5.41, 5.74) is 0.168. The highest BCUT2D eigenvalue weighted by Gasteiger charge is 2.33. The minimum absolute atomic E-state index is 0.0863. The summed E-state index contributed by atoms with van der Waals surface area (Å²) in [4.78, 5) is 6.46. The first-order chi connectivity index (χ1) is 6.89. The lowest BCUT2D eigenvalue weighted by atomic mass is 10.1. The van der Waals surface area contributed by atoms with Crippen LogP contribution in [0.1, 0.15) is 11.1 Å². The van der Waals surface area contributed by atoms with Crippen molar-refractivity contribution >= 4 is 22.6 Å². The van der Waals surface area contributed by atoms with E-state index >= 15 is 0 Å². The van der Waals surface area contributed by atoms with Crippen LogP contribution in [0.15, 0.2) is 12.1 Å². The van der Waals surface area contributed by atoms with Gasteiger partial charge in [-0.05, 0) is 36.2 Å². The second kappa shape index (κ2) is 3.13. The van der Waals surface area contributed by atoms with Gasteiger partial charge in [0, 0.05) is 0 Å². The molecule has 80 valence electrons. The lowest BCUT2D eigenvalue weighted by molar-refractivity contribution is -0.137. The fourth-order valence-electron chi connectivity index (χ4n) is 1.49. The topological polar surface area (TPSA) is 28.7 Å². The molecule has 0 aliphatic heterocycles. The Kier molecular flexibility index (Phi) is 2.15. The standard InChI is InChI=1S/C9H6ClF3N2/c1-4-5(9(11,12)13)2-3-6-7(4)15-8(10)14-6/h2-3H,1H3,(H,14,15). The number of hydrogen-bond donors (Lipinski definition) is 1. The Labute approximate surface area is 88.1 Å². The van der Waals surface area contributed by atoms with Crippen molar-refractivity contribution in [2.75, 3.05) is 0 Å². The first kappa shape index (κ1) is 10.3. The van der Waals surface area contributed by atoms with E-state index in [-0.39, 0.29) is 16.4 Å². The molecule has 0 saturated carbocycles. The fourth-order valence-corrected chi connectivity index (χ4v) is 1.68. The summed E-state index contributed by atoms with van der Waals surface area (Å²) in [6.07, 6.45) is -4.36. The molecule has 0 atom stereocenters. The van der Waals surface area contributed by atoms with Gasteiger partial charge < -0.3 is 4.98 Å². The monoisotopic (exact) mass is 234 g/mol. The van der Waals surface area contributed by atoms with Crippen molar-refractivity contribution in [3.8, 4) is 0 Å². The van der Waals surface area contributed by atoms with Crippen LogP contribution in [-0.2, 0) is 6.18 Å². The summed E-state index contributed by atoms with van der Waals surface area (Å²) in [5, 5.41) is 0.0902. The Balaban J connectivity index is 2.75. The zero-order valence-electron chi connectivity index (χ0n) is 7.61. The van der Waals surface area contributed by atoms with Crippen LogP contribution in [0.5, 0.6) is 0 Å². The molecular formula is C9H6ClF3N2. The van der Waals surface area contributed by atoms with Gasteiger partial charge in [-0.15, -0.1) is 0 Å². The number of imidazole rings is 1. The number of fused-ring (bicyclic) bond motifs is 1. The number of benzene rings is 1. The zero-order chi connectivity index (χ0) is 11.2. The molecule has 1 aromatic carbocycles. The van der Waals surface area contributed by atoms with E-state index in [9.17, 15) is 13.2 Å². The highest BCUT2D eigenvalue weighted by Crippen LogP contribution is 2.34. The molecule has 0 aliphatic carbocycles. The molecule has 0 aliphatic rings. The maximum atomic E-state index is 12.5. The molecule has 6 heteroatoms. The average Bonchev–Trinajstić information content (AvgIpc) is 2.44. The van der Waals surface area contributed by atoms with E-state index in [1.54, 1.807) is 0 Å². The van der Waals surface area contributed by atoms with Crippen molar-refractivity contribution in [1.29, 1.82) is 0 Å². The number of aryl methyl sites for hydroxylation is 1. The van der Waals surface area contributed by atoms with E-state index < -0.39 is 11.7 Å². The van der Waals surface area contributed by atoms with E-state index in [0.717, 1.165) is 6.07 Å². The molecule has 0 saturated heterocycles. The number of nitrogens with zero attached hydrogens (tertiary/aromatic N) is 1. The lowest BCUT2D eigenvalue weighted by Crippen LogP contribution is -2.07. The Hall–Kier alpha value is -1.23. The van der Waals surface area contributed by atoms with Crippen molar-refractivity contribution in [2.24, 2.45) is 0 Å². The Morgan fingerprint density at radius 3 is 2.60 bits per heavy atom. The van der Waals surface area contributed by atoms with Crippen LogP contribution < -0.4 is 0 Å². The van der Waals surface area contributed by atoms with Gasteiger partial charge in [-0.1, -0.05) is 0 Å². The molecule has 2 rings (SSSR count). The van der Waals surface area contributed by atoms with Crippen molar-refractivity contribution < 1.29 is 13.2 Å². The smallest absolute Gasteiger partial charge is 0.329 e. The van der Waals surface area contributed by atoms with E-state index in [0.29, 0.717) is 5.52 Å². The van der Waals surface area contributed by atoms with Gasteiger partial charge in [0.1, 0.15) is 0 Å². The van der Waals surface area contributed by atoms with Crippen LogP contribution in [0.2, 0.25) is 5.28 Å². The molecule has 1 N–H and O–H groups in total. The molecule has 15 heavy (non-hydrogen) atoms. The molecule has 0 bridgehead atoms. The van der Waals surface area contributed by atoms with Crippen LogP contribution in [0.25, 0.3) is 11.0 Å². The predicted octanol–water partition coefficient (Wildman–Crippen LogP) is 3.54. The van der Waals surface area contributed by atoms with Crippen molar-refractivity contribution in [3.63, 3.8) is 0 Å². The number of nitrogens with one attached hydrogen (secondary N) is 1. The highest BCUT2D eigenvalue weighted by atomic mass is 35.5. The van der Waals surface area contributed by atoms with Gasteiger partial charge in [-0.25, -0.2) is 4.98 Å². The van der Waals surface area contributed by atoms with Gasteiger partial charge in [0.15, 0.2) is 0 Å². The van der Waals surface area contributed by atoms with Crippen LogP contribution >= 0.6 is 11.6 Å². The number of alkyl halides is 3. The summed E-state index contributed by atoms with van der Waals surface area (Å²) >= 11 is 5.57. The van der Waals surface area contributed by atoms with Crippen molar-refractivity contribution in [3.05, 3.63) is 28.5 Å². The minimum Gasteiger partial charge on any atom is -0.329 e. The zero-order valence-corrected chi connectivity index (χ0v) is 8.37. The predicted molar refractivity (Wildman–Crippen MR) is 50.8 cm³/mol. The molecule has 2 aromatic rings. The normalized spacial score (nSPS) is 12.3. The summed E-state index contributed by atoms with van der Waals surface area (Å²) in [6.45, 7) is 1.38. The molecule has 0 radical (unpaired) electrons. The quantitative estimate of drug-likeness (QED) is 0.742. The van der Waals surface area contributed by atoms with Crippen LogP contribution in [-0.4, -0.2) is 9.97 Å². The molecule has 2 nitrogen and oxygen atoms in total. The first-order valence-corrected chi connectivity index (χ1v) is 4.49. The number of hydrogen-bond acceptors (Lipinski definition) is 1. The third kappa shape index (κ3) is 1.67. The molecule has 0 unspecified atom stereocenters. The van der Waals surface area contributed by atoms with Crippen LogP contribution in [0, 0.1) is 6.92 Å². The second-order valence-corrected chi connectivity index (χ2v) is 3.52. The maximum Gasteiger partial charge on any atom is 0.416 e. The molecule has 1 heterocycles. The largest absolute Gasteiger partial charge is 0.416 e. The Bertz CT molecular complexity index is 516. The molecule has 0 fully saturated rings. The second-order valence-electron chi connectivity index (χ2n) is 3.16. The molecular weight excluding hydrogens is 229 g/mol. The number of rotatable bonds is 0. The van der Waals surface area contributed by atoms with E-state index in [1.165, 1.54) is 13.0 Å². The van der Waals surface area contributed by atoms with Gasteiger partial charge >= 0.3 is 6.18 Å². The third-order valence-electron chi connectivity index (χ3n) is 2.18. The summed E-state index contributed by atoms with van der Waals surface area (Å²) in [6, 6.07) is 2.34. The van der Waals surface area contributed by atoms with E-state index in [1.807, 2.05) is 0 Å². The minimum atomic E-state index is -4.36. The Morgan fingerprint density at radius 2 is 2.00 bits per heavy atom. The third-order valence-corrected chi connectivity index (χ3v) is 2.36. The van der Waals surface area contributed by atoms with Gasteiger partial charge in [0.2, 0.25) is 5.28 Å². The first-order valence-electron chi connectivity index (χ1n) is 4.11. The number of H-pyrrole nitrogens is 1. The van der Waals surface area contributed by atoms with E-state index in [2.05, 4.69) is 9.97 Å². The number of aromatic nitrogens is 2. The average molecular weight is 235 g/mol.